The lowest BCUT2D eigenvalue weighted by molar-refractivity contribution is 1.36. The standard InChI is InChI=1S/C12H6N2/c13-9-3-5-11-8-7-10-4-1-2-6-12(10)14-11/h1-2,4,6-8H. The number of fused-ring (bicyclic) bond motifs is 1. The monoisotopic (exact) mass is 178 g/mol. The minimum absolute atomic E-state index is 0.630. The predicted molar refractivity (Wildman–Crippen MR) is 54.2 cm³/mol. The molecule has 14 heavy (non-hydrogen) atoms. The zero-order valence-electron chi connectivity index (χ0n) is 7.36. The molecule has 2 aromatic rings. The number of rotatable bonds is 0. The molecule has 0 saturated carbocycles. The predicted octanol–water partition coefficient (Wildman–Crippen LogP) is 2.11. The number of nitriles is 1. The van der Waals surface area contributed by atoms with Crippen molar-refractivity contribution in [1.29, 1.82) is 5.26 Å². The molecular formula is C12H6N2. The van der Waals surface area contributed by atoms with Crippen molar-refractivity contribution in [3.05, 3.63) is 42.1 Å². The lowest BCUT2D eigenvalue weighted by Gasteiger charge is -1.95. The van der Waals surface area contributed by atoms with E-state index in [1.165, 1.54) is 0 Å². The van der Waals surface area contributed by atoms with E-state index in [2.05, 4.69) is 16.8 Å². The molecule has 1 heterocycles. The van der Waals surface area contributed by atoms with Gasteiger partial charge in [0.25, 0.3) is 0 Å². The Balaban J connectivity index is 2.58. The van der Waals surface area contributed by atoms with Crippen LogP contribution in [0.5, 0.6) is 0 Å². The first-order valence-electron chi connectivity index (χ1n) is 4.16. The molecule has 0 atom stereocenters. The van der Waals surface area contributed by atoms with Crippen LogP contribution in [0.3, 0.4) is 0 Å². The summed E-state index contributed by atoms with van der Waals surface area (Å²) in [5.41, 5.74) is 1.53. The van der Waals surface area contributed by atoms with Gasteiger partial charge < -0.3 is 0 Å². The van der Waals surface area contributed by atoms with Gasteiger partial charge in [-0.05, 0) is 18.1 Å². The van der Waals surface area contributed by atoms with Crippen molar-refractivity contribution in [1.82, 2.24) is 4.98 Å². The average Bonchev–Trinajstić information content (AvgIpc) is 2.26. The summed E-state index contributed by atoms with van der Waals surface area (Å²) in [4.78, 5) is 4.29. The molecule has 0 radical (unpaired) electrons. The van der Waals surface area contributed by atoms with Gasteiger partial charge in [0.1, 0.15) is 5.69 Å². The van der Waals surface area contributed by atoms with Gasteiger partial charge in [0.05, 0.1) is 5.52 Å². The summed E-state index contributed by atoms with van der Waals surface area (Å²) in [6.45, 7) is 0. The number of benzene rings is 1. The highest BCUT2D eigenvalue weighted by Crippen LogP contribution is 2.10. The fraction of sp³-hybridized carbons (Fsp3) is 0. The van der Waals surface area contributed by atoms with Gasteiger partial charge in [0.15, 0.2) is 6.07 Å². The Labute approximate surface area is 81.8 Å². The molecule has 0 N–H and O–H groups in total. The van der Waals surface area contributed by atoms with Gasteiger partial charge >= 0.3 is 0 Å². The van der Waals surface area contributed by atoms with Crippen LogP contribution in [0.4, 0.5) is 0 Å². The fourth-order valence-electron chi connectivity index (χ4n) is 1.23. The highest BCUT2D eigenvalue weighted by Gasteiger charge is 1.93. The van der Waals surface area contributed by atoms with Gasteiger partial charge in [0.2, 0.25) is 0 Å². The van der Waals surface area contributed by atoms with E-state index in [4.69, 9.17) is 5.26 Å². The number of hydrogen-bond acceptors (Lipinski definition) is 2. The van der Waals surface area contributed by atoms with E-state index in [1.807, 2.05) is 36.4 Å². The molecule has 1 aromatic carbocycles. The topological polar surface area (TPSA) is 36.7 Å². The molecule has 0 aliphatic rings. The van der Waals surface area contributed by atoms with Crippen molar-refractivity contribution < 1.29 is 0 Å². The summed E-state index contributed by atoms with van der Waals surface area (Å²) in [7, 11) is 0. The molecule has 0 unspecified atom stereocenters. The third-order valence-electron chi connectivity index (χ3n) is 1.84. The van der Waals surface area contributed by atoms with Crippen LogP contribution in [-0.2, 0) is 0 Å². The molecular weight excluding hydrogens is 172 g/mol. The van der Waals surface area contributed by atoms with Crippen molar-refractivity contribution in [3.8, 4) is 17.9 Å². The first-order chi connectivity index (χ1) is 6.90. The Bertz CT molecular complexity index is 568. The maximum Gasteiger partial charge on any atom is 0.152 e. The van der Waals surface area contributed by atoms with E-state index < -0.39 is 0 Å². The maximum atomic E-state index is 8.29. The molecule has 2 rings (SSSR count). The Kier molecular flexibility index (Phi) is 2.13. The van der Waals surface area contributed by atoms with E-state index in [0.717, 1.165) is 10.9 Å². The van der Waals surface area contributed by atoms with Crippen LogP contribution >= 0.6 is 0 Å². The second kappa shape index (κ2) is 3.60. The molecule has 0 amide bonds. The maximum absolute atomic E-state index is 8.29. The summed E-state index contributed by atoms with van der Waals surface area (Å²) < 4.78 is 0. The summed E-state index contributed by atoms with van der Waals surface area (Å²) in [6.07, 6.45) is 0. The van der Waals surface area contributed by atoms with Crippen molar-refractivity contribution in [2.45, 2.75) is 0 Å². The number of para-hydroxylation sites is 1. The van der Waals surface area contributed by atoms with Gasteiger partial charge in [-0.2, -0.15) is 5.26 Å². The van der Waals surface area contributed by atoms with Gasteiger partial charge in [-0.15, -0.1) is 0 Å². The zero-order valence-corrected chi connectivity index (χ0v) is 7.36. The molecule has 2 nitrogen and oxygen atoms in total. The molecule has 2 heteroatoms. The number of nitrogens with zero attached hydrogens (tertiary/aromatic N) is 2. The summed E-state index contributed by atoms with van der Waals surface area (Å²) in [6, 6.07) is 13.3. The van der Waals surface area contributed by atoms with Gasteiger partial charge in [-0.25, -0.2) is 4.98 Å². The number of pyridine rings is 1. The number of hydrogen-bond donors (Lipinski definition) is 0. The van der Waals surface area contributed by atoms with E-state index in [0.29, 0.717) is 5.69 Å². The molecule has 0 spiro atoms. The highest BCUT2D eigenvalue weighted by molar-refractivity contribution is 5.78. The quantitative estimate of drug-likeness (QED) is 0.579. The van der Waals surface area contributed by atoms with Crippen LogP contribution in [0.25, 0.3) is 10.9 Å². The van der Waals surface area contributed by atoms with Gasteiger partial charge in [-0.1, -0.05) is 24.3 Å². The second-order valence-corrected chi connectivity index (χ2v) is 2.75. The minimum atomic E-state index is 0.630. The SMILES string of the molecule is N#CC#Cc1ccc2ccccc2n1. The molecule has 0 saturated heterocycles. The minimum Gasteiger partial charge on any atom is -0.239 e. The Morgan fingerprint density at radius 1 is 1.07 bits per heavy atom. The molecule has 0 fully saturated rings. The summed E-state index contributed by atoms with van der Waals surface area (Å²) >= 11 is 0. The summed E-state index contributed by atoms with van der Waals surface area (Å²) in [5, 5.41) is 9.37. The Morgan fingerprint density at radius 3 is 2.79 bits per heavy atom. The Morgan fingerprint density at radius 2 is 1.93 bits per heavy atom. The van der Waals surface area contributed by atoms with Crippen LogP contribution in [0.2, 0.25) is 0 Å². The van der Waals surface area contributed by atoms with Crippen LogP contribution in [0.15, 0.2) is 36.4 Å². The molecule has 1 aromatic heterocycles. The molecule has 0 aliphatic carbocycles. The van der Waals surface area contributed by atoms with Crippen molar-refractivity contribution in [2.24, 2.45) is 0 Å². The Hall–Kier alpha value is -2.32. The van der Waals surface area contributed by atoms with Gasteiger partial charge in [-0.3, -0.25) is 0 Å². The molecule has 0 bridgehead atoms. The fourth-order valence-corrected chi connectivity index (χ4v) is 1.23. The normalized spacial score (nSPS) is 8.79. The first-order valence-corrected chi connectivity index (χ1v) is 4.16. The van der Waals surface area contributed by atoms with Crippen LogP contribution in [0, 0.1) is 23.2 Å². The molecule has 0 aliphatic heterocycles. The number of aromatic nitrogens is 1. The molecule has 64 valence electrons. The van der Waals surface area contributed by atoms with Crippen molar-refractivity contribution >= 4 is 10.9 Å². The largest absolute Gasteiger partial charge is 0.239 e. The van der Waals surface area contributed by atoms with E-state index in [-0.39, 0.29) is 0 Å². The zero-order chi connectivity index (χ0) is 9.80. The smallest absolute Gasteiger partial charge is 0.152 e. The van der Waals surface area contributed by atoms with Gasteiger partial charge in [0, 0.05) is 11.3 Å². The van der Waals surface area contributed by atoms with Crippen molar-refractivity contribution in [3.63, 3.8) is 0 Å². The third-order valence-corrected chi connectivity index (χ3v) is 1.84. The third kappa shape index (κ3) is 1.55. The lowest BCUT2D eigenvalue weighted by atomic mass is 10.2. The lowest BCUT2D eigenvalue weighted by Crippen LogP contribution is -1.83. The highest BCUT2D eigenvalue weighted by atomic mass is 14.7. The summed E-state index contributed by atoms with van der Waals surface area (Å²) in [5.74, 6) is 4.99. The van der Waals surface area contributed by atoms with E-state index in [1.54, 1.807) is 6.07 Å². The second-order valence-electron chi connectivity index (χ2n) is 2.75. The van der Waals surface area contributed by atoms with Crippen LogP contribution in [-0.4, -0.2) is 4.98 Å². The van der Waals surface area contributed by atoms with E-state index >= 15 is 0 Å². The van der Waals surface area contributed by atoms with Crippen LogP contribution < -0.4 is 0 Å². The van der Waals surface area contributed by atoms with Crippen molar-refractivity contribution in [2.75, 3.05) is 0 Å². The average molecular weight is 178 g/mol. The first kappa shape index (κ1) is 8.29. The van der Waals surface area contributed by atoms with Crippen LogP contribution in [0.1, 0.15) is 5.69 Å². The van der Waals surface area contributed by atoms with E-state index in [9.17, 15) is 0 Å².